The number of carbonyl (C=O) groups is 2. The average molecular weight is 514 g/mol. The van der Waals surface area contributed by atoms with Crippen LogP contribution >= 0.6 is 11.6 Å². The van der Waals surface area contributed by atoms with Gasteiger partial charge in [0, 0.05) is 32.1 Å². The van der Waals surface area contributed by atoms with Crippen LogP contribution in [0.5, 0.6) is 0 Å². The molecule has 1 atom stereocenters. The summed E-state index contributed by atoms with van der Waals surface area (Å²) in [5, 5.41) is 3.05. The van der Waals surface area contributed by atoms with Crippen LogP contribution in [0, 0.1) is 0 Å². The van der Waals surface area contributed by atoms with E-state index in [2.05, 4.69) is 5.32 Å². The van der Waals surface area contributed by atoms with Crippen LogP contribution in [0.4, 0.5) is 0 Å². The maximum absolute atomic E-state index is 13.6. The number of carbonyl (C=O) groups excluding carboxylic acids is 2. The molecule has 0 saturated heterocycles. The van der Waals surface area contributed by atoms with Gasteiger partial charge < -0.3 is 10.2 Å². The van der Waals surface area contributed by atoms with Crippen molar-refractivity contribution in [3.63, 3.8) is 0 Å². The normalized spacial score (nSPS) is 12.2. The number of likely N-dealkylation sites (N-methyl/N-ethyl adjacent to an activating group) is 2. The van der Waals surface area contributed by atoms with Crippen molar-refractivity contribution in [1.82, 2.24) is 14.5 Å². The fraction of sp³-hybridized carbons (Fsp3) is 0.231. The first-order chi connectivity index (χ1) is 16.7. The Hall–Kier alpha value is -3.20. The highest BCUT2D eigenvalue weighted by Gasteiger charge is 2.32. The van der Waals surface area contributed by atoms with Gasteiger partial charge in [0.05, 0.1) is 11.4 Å². The minimum Gasteiger partial charge on any atom is -0.357 e. The average Bonchev–Trinajstić information content (AvgIpc) is 2.87. The predicted molar refractivity (Wildman–Crippen MR) is 136 cm³/mol. The zero-order valence-electron chi connectivity index (χ0n) is 19.6. The molecule has 0 unspecified atom stereocenters. The van der Waals surface area contributed by atoms with Crippen LogP contribution in [0.1, 0.15) is 11.1 Å². The van der Waals surface area contributed by atoms with E-state index >= 15 is 0 Å². The minimum atomic E-state index is -3.94. The van der Waals surface area contributed by atoms with Gasteiger partial charge in [-0.05, 0) is 35.4 Å². The molecule has 0 aliphatic rings. The molecule has 35 heavy (non-hydrogen) atoms. The Labute approximate surface area is 211 Å². The Morgan fingerprint density at radius 3 is 1.97 bits per heavy atom. The second-order valence-corrected chi connectivity index (χ2v) is 10.5. The molecule has 9 heteroatoms. The lowest BCUT2D eigenvalue weighted by Gasteiger charge is -2.32. The quantitative estimate of drug-likeness (QED) is 0.450. The second-order valence-electron chi connectivity index (χ2n) is 8.04. The zero-order chi connectivity index (χ0) is 25.4. The van der Waals surface area contributed by atoms with Gasteiger partial charge in [-0.2, -0.15) is 4.31 Å². The Bertz CT molecular complexity index is 1240. The molecule has 0 radical (unpaired) electrons. The van der Waals surface area contributed by atoms with Gasteiger partial charge in [0.15, 0.2) is 0 Å². The fourth-order valence-electron chi connectivity index (χ4n) is 3.65. The molecule has 0 fully saturated rings. The second kappa shape index (κ2) is 12.0. The first-order valence-corrected chi connectivity index (χ1v) is 12.8. The summed E-state index contributed by atoms with van der Waals surface area (Å²) in [5.41, 5.74) is 1.71. The van der Waals surface area contributed by atoms with Gasteiger partial charge in [0.1, 0.15) is 6.04 Å². The largest absolute Gasteiger partial charge is 0.357 e. The van der Waals surface area contributed by atoms with Crippen LogP contribution in [0.15, 0.2) is 89.8 Å². The lowest BCUT2D eigenvalue weighted by Crippen LogP contribution is -2.52. The van der Waals surface area contributed by atoms with Gasteiger partial charge in [-0.3, -0.25) is 9.59 Å². The smallest absolute Gasteiger partial charge is 0.243 e. The van der Waals surface area contributed by atoms with Crippen LogP contribution < -0.4 is 5.32 Å². The third kappa shape index (κ3) is 6.91. The molecule has 0 aliphatic heterocycles. The van der Waals surface area contributed by atoms with Crippen LogP contribution in [0.2, 0.25) is 5.02 Å². The van der Waals surface area contributed by atoms with Gasteiger partial charge in [0.2, 0.25) is 21.8 Å². The molecule has 0 saturated carbocycles. The Balaban J connectivity index is 1.91. The molecule has 2 amide bonds. The molecule has 0 heterocycles. The first kappa shape index (κ1) is 26.4. The van der Waals surface area contributed by atoms with E-state index in [-0.39, 0.29) is 23.8 Å². The first-order valence-electron chi connectivity index (χ1n) is 11.0. The van der Waals surface area contributed by atoms with E-state index in [0.29, 0.717) is 5.02 Å². The number of halogens is 1. The molecule has 0 aromatic heterocycles. The number of benzene rings is 3. The number of nitrogens with zero attached hydrogens (tertiary/aromatic N) is 2. The van der Waals surface area contributed by atoms with E-state index in [1.807, 2.05) is 60.7 Å². The van der Waals surface area contributed by atoms with Crippen molar-refractivity contribution >= 4 is 33.4 Å². The fourth-order valence-corrected chi connectivity index (χ4v) is 4.90. The van der Waals surface area contributed by atoms with Crippen molar-refractivity contribution in [2.75, 3.05) is 20.6 Å². The lowest BCUT2D eigenvalue weighted by molar-refractivity contribution is -0.141. The van der Waals surface area contributed by atoms with E-state index in [0.717, 1.165) is 15.4 Å². The number of rotatable bonds is 10. The van der Waals surface area contributed by atoms with Crippen LogP contribution in [0.3, 0.4) is 0 Å². The lowest BCUT2D eigenvalue weighted by atomic mass is 10.0. The highest BCUT2D eigenvalue weighted by Crippen LogP contribution is 2.19. The third-order valence-corrected chi connectivity index (χ3v) is 7.66. The van der Waals surface area contributed by atoms with Crippen molar-refractivity contribution in [2.45, 2.75) is 23.9 Å². The molecular weight excluding hydrogens is 486 g/mol. The molecule has 0 bridgehead atoms. The van der Waals surface area contributed by atoms with Gasteiger partial charge in [-0.1, -0.05) is 72.3 Å². The molecule has 0 spiro atoms. The number of hydrogen-bond acceptors (Lipinski definition) is 4. The van der Waals surface area contributed by atoms with E-state index in [1.54, 1.807) is 0 Å². The van der Waals surface area contributed by atoms with E-state index in [4.69, 9.17) is 11.6 Å². The van der Waals surface area contributed by atoms with Gasteiger partial charge >= 0.3 is 0 Å². The SMILES string of the molecule is CNC(=O)[C@H](Cc1ccccc1)N(Cc1ccccc1)C(=O)CN(C)S(=O)(=O)c1ccc(Cl)cc1. The molecule has 3 rings (SSSR count). The van der Waals surface area contributed by atoms with E-state index in [1.165, 1.54) is 43.3 Å². The molecule has 1 N–H and O–H groups in total. The maximum Gasteiger partial charge on any atom is 0.243 e. The summed E-state index contributed by atoms with van der Waals surface area (Å²) in [6, 6.07) is 23.6. The molecule has 3 aromatic rings. The van der Waals surface area contributed by atoms with Crippen molar-refractivity contribution in [3.8, 4) is 0 Å². The predicted octanol–water partition coefficient (Wildman–Crippen LogP) is 3.35. The molecule has 3 aromatic carbocycles. The summed E-state index contributed by atoms with van der Waals surface area (Å²) >= 11 is 5.88. The van der Waals surface area contributed by atoms with Crippen molar-refractivity contribution in [3.05, 3.63) is 101 Å². The summed E-state index contributed by atoms with van der Waals surface area (Å²) in [5.74, 6) is -0.820. The van der Waals surface area contributed by atoms with E-state index in [9.17, 15) is 18.0 Å². The van der Waals surface area contributed by atoms with Gasteiger partial charge in [0.25, 0.3) is 0 Å². The van der Waals surface area contributed by atoms with Gasteiger partial charge in [-0.25, -0.2) is 8.42 Å². The standard InChI is InChI=1S/C26H28ClN3O4S/c1-28-26(32)24(17-20-9-5-3-6-10-20)30(18-21-11-7-4-8-12-21)25(31)19-29(2)35(33,34)23-15-13-22(27)14-16-23/h3-16,24H,17-19H2,1-2H3,(H,28,32)/t24-/m0/s1. The highest BCUT2D eigenvalue weighted by atomic mass is 35.5. The summed E-state index contributed by atoms with van der Waals surface area (Å²) in [4.78, 5) is 28.0. The van der Waals surface area contributed by atoms with Crippen LogP contribution in [-0.2, 0) is 32.6 Å². The summed E-state index contributed by atoms with van der Waals surface area (Å²) in [6.07, 6.45) is 0.284. The van der Waals surface area contributed by atoms with Gasteiger partial charge in [-0.15, -0.1) is 0 Å². The summed E-state index contributed by atoms with van der Waals surface area (Å²) in [7, 11) is -1.08. The molecule has 7 nitrogen and oxygen atoms in total. The minimum absolute atomic E-state index is 0.0268. The van der Waals surface area contributed by atoms with Crippen LogP contribution in [-0.4, -0.2) is 56.1 Å². The summed E-state index contributed by atoms with van der Waals surface area (Å²) in [6.45, 7) is -0.278. The molecular formula is C26H28ClN3O4S. The third-order valence-electron chi connectivity index (χ3n) is 5.59. The molecule has 184 valence electrons. The summed E-state index contributed by atoms with van der Waals surface area (Å²) < 4.78 is 27.1. The maximum atomic E-state index is 13.6. The molecule has 0 aliphatic carbocycles. The number of nitrogens with one attached hydrogen (secondary N) is 1. The Morgan fingerprint density at radius 1 is 0.886 bits per heavy atom. The Kier molecular flexibility index (Phi) is 9.03. The van der Waals surface area contributed by atoms with Crippen LogP contribution in [0.25, 0.3) is 0 Å². The van der Waals surface area contributed by atoms with Crippen molar-refractivity contribution < 1.29 is 18.0 Å². The highest BCUT2D eigenvalue weighted by molar-refractivity contribution is 7.89. The van der Waals surface area contributed by atoms with Crippen molar-refractivity contribution in [2.24, 2.45) is 0 Å². The van der Waals surface area contributed by atoms with E-state index < -0.39 is 28.5 Å². The number of sulfonamides is 1. The monoisotopic (exact) mass is 513 g/mol. The number of hydrogen-bond donors (Lipinski definition) is 1. The topological polar surface area (TPSA) is 86.8 Å². The van der Waals surface area contributed by atoms with Crippen molar-refractivity contribution in [1.29, 1.82) is 0 Å². The Morgan fingerprint density at radius 2 is 1.43 bits per heavy atom. The number of amides is 2. The zero-order valence-corrected chi connectivity index (χ0v) is 21.2.